The fourth-order valence-corrected chi connectivity index (χ4v) is 2.25. The summed E-state index contributed by atoms with van der Waals surface area (Å²) in [4.78, 5) is 8.56. The van der Waals surface area contributed by atoms with E-state index in [2.05, 4.69) is 20.6 Å². The second kappa shape index (κ2) is 5.82. The first-order valence-electron chi connectivity index (χ1n) is 6.19. The molecule has 94 valence electrons. The van der Waals surface area contributed by atoms with Crippen molar-refractivity contribution < 1.29 is 4.74 Å². The lowest BCUT2D eigenvalue weighted by molar-refractivity contribution is 0.101. The van der Waals surface area contributed by atoms with E-state index in [0.29, 0.717) is 18.1 Å². The third-order valence-corrected chi connectivity index (χ3v) is 3.08. The summed E-state index contributed by atoms with van der Waals surface area (Å²) < 4.78 is 5.45. The molecule has 1 aromatic heterocycles. The molecule has 1 heterocycles. The zero-order valence-electron chi connectivity index (χ0n) is 10.4. The standard InChI is InChI=1S/C12H20N4O/c1-3-13-12-14-8-7-11(16-12)15-9-5-4-6-10(9)17-2/h7-10H,3-6H2,1-2H3,(H2,13,14,15,16). The Hall–Kier alpha value is -1.36. The van der Waals surface area contributed by atoms with Crippen LogP contribution in [0.4, 0.5) is 11.8 Å². The largest absolute Gasteiger partial charge is 0.379 e. The van der Waals surface area contributed by atoms with Crippen molar-refractivity contribution in [1.82, 2.24) is 9.97 Å². The van der Waals surface area contributed by atoms with Crippen LogP contribution in [0.1, 0.15) is 26.2 Å². The lowest BCUT2D eigenvalue weighted by Crippen LogP contribution is -2.30. The van der Waals surface area contributed by atoms with Crippen molar-refractivity contribution in [2.24, 2.45) is 0 Å². The Morgan fingerprint density at radius 1 is 1.47 bits per heavy atom. The number of ether oxygens (including phenoxy) is 1. The van der Waals surface area contributed by atoms with Crippen molar-refractivity contribution in [3.8, 4) is 0 Å². The molecule has 0 saturated heterocycles. The minimum atomic E-state index is 0.299. The van der Waals surface area contributed by atoms with E-state index in [-0.39, 0.29) is 0 Å². The average Bonchev–Trinajstić information content (AvgIpc) is 2.77. The quantitative estimate of drug-likeness (QED) is 0.817. The number of hydrogen-bond acceptors (Lipinski definition) is 5. The highest BCUT2D eigenvalue weighted by atomic mass is 16.5. The number of rotatable bonds is 5. The van der Waals surface area contributed by atoms with Gasteiger partial charge in [0.15, 0.2) is 0 Å². The van der Waals surface area contributed by atoms with Crippen LogP contribution in [0.3, 0.4) is 0 Å². The molecule has 17 heavy (non-hydrogen) atoms. The highest BCUT2D eigenvalue weighted by Crippen LogP contribution is 2.24. The van der Waals surface area contributed by atoms with Crippen LogP contribution in [0.5, 0.6) is 0 Å². The van der Waals surface area contributed by atoms with Gasteiger partial charge in [-0.3, -0.25) is 0 Å². The Kier molecular flexibility index (Phi) is 4.14. The molecule has 0 radical (unpaired) electrons. The van der Waals surface area contributed by atoms with E-state index in [1.54, 1.807) is 13.3 Å². The van der Waals surface area contributed by atoms with Crippen LogP contribution in [0, 0.1) is 0 Å². The molecule has 0 bridgehead atoms. The van der Waals surface area contributed by atoms with E-state index in [1.807, 2.05) is 13.0 Å². The highest BCUT2D eigenvalue weighted by molar-refractivity contribution is 5.40. The van der Waals surface area contributed by atoms with Gasteiger partial charge in [0.05, 0.1) is 12.1 Å². The van der Waals surface area contributed by atoms with Crippen molar-refractivity contribution >= 4 is 11.8 Å². The van der Waals surface area contributed by atoms with Crippen molar-refractivity contribution in [3.05, 3.63) is 12.3 Å². The van der Waals surface area contributed by atoms with Crippen LogP contribution < -0.4 is 10.6 Å². The molecule has 2 rings (SSSR count). The summed E-state index contributed by atoms with van der Waals surface area (Å²) in [6, 6.07) is 2.26. The molecule has 1 fully saturated rings. The molecule has 2 N–H and O–H groups in total. The van der Waals surface area contributed by atoms with Crippen molar-refractivity contribution in [2.75, 3.05) is 24.3 Å². The minimum absolute atomic E-state index is 0.299. The predicted molar refractivity (Wildman–Crippen MR) is 68.3 cm³/mol. The van der Waals surface area contributed by atoms with E-state index < -0.39 is 0 Å². The van der Waals surface area contributed by atoms with Crippen LogP contribution >= 0.6 is 0 Å². The maximum absolute atomic E-state index is 5.45. The smallest absolute Gasteiger partial charge is 0.224 e. The van der Waals surface area contributed by atoms with Gasteiger partial charge in [-0.1, -0.05) is 0 Å². The van der Waals surface area contributed by atoms with Crippen molar-refractivity contribution in [3.63, 3.8) is 0 Å². The molecule has 0 spiro atoms. The Labute approximate surface area is 102 Å². The summed E-state index contributed by atoms with van der Waals surface area (Å²) in [5.41, 5.74) is 0. The van der Waals surface area contributed by atoms with Gasteiger partial charge in [0.25, 0.3) is 0 Å². The van der Waals surface area contributed by atoms with Crippen LogP contribution in [0.15, 0.2) is 12.3 Å². The number of nitrogens with zero attached hydrogens (tertiary/aromatic N) is 2. The first kappa shape index (κ1) is 12.1. The maximum Gasteiger partial charge on any atom is 0.224 e. The van der Waals surface area contributed by atoms with Gasteiger partial charge in [-0.2, -0.15) is 4.98 Å². The molecule has 2 unspecified atom stereocenters. The van der Waals surface area contributed by atoms with E-state index in [1.165, 1.54) is 6.42 Å². The van der Waals surface area contributed by atoms with E-state index >= 15 is 0 Å². The molecule has 0 amide bonds. The van der Waals surface area contributed by atoms with Gasteiger partial charge in [0, 0.05) is 19.9 Å². The van der Waals surface area contributed by atoms with Crippen molar-refractivity contribution in [1.29, 1.82) is 0 Å². The monoisotopic (exact) mass is 236 g/mol. The molecule has 0 aliphatic heterocycles. The van der Waals surface area contributed by atoms with Crippen LogP contribution in [-0.4, -0.2) is 35.8 Å². The van der Waals surface area contributed by atoms with Crippen molar-refractivity contribution in [2.45, 2.75) is 38.3 Å². The molecule has 1 saturated carbocycles. The molecular formula is C12H20N4O. The Morgan fingerprint density at radius 2 is 2.35 bits per heavy atom. The summed E-state index contributed by atoms with van der Waals surface area (Å²) >= 11 is 0. The number of nitrogens with one attached hydrogen (secondary N) is 2. The first-order chi connectivity index (χ1) is 8.33. The van der Waals surface area contributed by atoms with E-state index in [0.717, 1.165) is 25.2 Å². The normalized spacial score (nSPS) is 23.6. The van der Waals surface area contributed by atoms with Gasteiger partial charge in [0.2, 0.25) is 5.95 Å². The van der Waals surface area contributed by atoms with Gasteiger partial charge in [-0.25, -0.2) is 4.98 Å². The Bertz CT molecular complexity index is 358. The SMILES string of the molecule is CCNc1nccc(NC2CCCC2OC)n1. The molecule has 5 heteroatoms. The van der Waals surface area contributed by atoms with Gasteiger partial charge in [0.1, 0.15) is 5.82 Å². The van der Waals surface area contributed by atoms with E-state index in [4.69, 9.17) is 4.74 Å². The van der Waals surface area contributed by atoms with E-state index in [9.17, 15) is 0 Å². The summed E-state index contributed by atoms with van der Waals surface area (Å²) in [5.74, 6) is 1.54. The molecule has 0 aromatic carbocycles. The number of aromatic nitrogens is 2. The lowest BCUT2D eigenvalue weighted by atomic mass is 10.2. The minimum Gasteiger partial charge on any atom is -0.379 e. The number of anilines is 2. The molecule has 1 aromatic rings. The molecule has 5 nitrogen and oxygen atoms in total. The third kappa shape index (κ3) is 3.06. The maximum atomic E-state index is 5.45. The summed E-state index contributed by atoms with van der Waals surface area (Å²) in [6.45, 7) is 2.86. The predicted octanol–water partition coefficient (Wildman–Crippen LogP) is 1.89. The first-order valence-corrected chi connectivity index (χ1v) is 6.19. The fraction of sp³-hybridized carbons (Fsp3) is 0.667. The second-order valence-electron chi connectivity index (χ2n) is 4.25. The zero-order chi connectivity index (χ0) is 12.1. The molecule has 1 aliphatic rings. The van der Waals surface area contributed by atoms with Gasteiger partial charge < -0.3 is 15.4 Å². The van der Waals surface area contributed by atoms with Crippen LogP contribution in [-0.2, 0) is 4.74 Å². The van der Waals surface area contributed by atoms with Gasteiger partial charge in [-0.05, 0) is 32.3 Å². The highest BCUT2D eigenvalue weighted by Gasteiger charge is 2.27. The fourth-order valence-electron chi connectivity index (χ4n) is 2.25. The Morgan fingerprint density at radius 3 is 3.12 bits per heavy atom. The summed E-state index contributed by atoms with van der Waals surface area (Å²) in [5, 5.41) is 6.53. The molecular weight excluding hydrogens is 216 g/mol. The number of methoxy groups -OCH3 is 1. The summed E-state index contributed by atoms with van der Waals surface area (Å²) in [6.07, 6.45) is 5.54. The van der Waals surface area contributed by atoms with Crippen LogP contribution in [0.25, 0.3) is 0 Å². The molecule has 2 atom stereocenters. The van der Waals surface area contributed by atoms with Crippen LogP contribution in [0.2, 0.25) is 0 Å². The zero-order valence-corrected chi connectivity index (χ0v) is 10.4. The summed E-state index contributed by atoms with van der Waals surface area (Å²) in [7, 11) is 1.77. The van der Waals surface area contributed by atoms with Gasteiger partial charge in [-0.15, -0.1) is 0 Å². The Balaban J connectivity index is 2.00. The topological polar surface area (TPSA) is 59.1 Å². The average molecular weight is 236 g/mol. The molecule has 1 aliphatic carbocycles. The second-order valence-corrected chi connectivity index (χ2v) is 4.25. The number of hydrogen-bond donors (Lipinski definition) is 2. The lowest BCUT2D eigenvalue weighted by Gasteiger charge is -2.20. The third-order valence-electron chi connectivity index (χ3n) is 3.08. The van der Waals surface area contributed by atoms with Gasteiger partial charge >= 0.3 is 0 Å².